The van der Waals surface area contributed by atoms with E-state index in [9.17, 15) is 13.6 Å². The summed E-state index contributed by atoms with van der Waals surface area (Å²) >= 11 is 0. The third kappa shape index (κ3) is 4.25. The summed E-state index contributed by atoms with van der Waals surface area (Å²) in [6.07, 6.45) is 3.09. The molecule has 2 aromatic rings. The van der Waals surface area contributed by atoms with Crippen molar-refractivity contribution in [3.8, 4) is 0 Å². The van der Waals surface area contributed by atoms with Gasteiger partial charge in [0.05, 0.1) is 6.21 Å². The highest BCUT2D eigenvalue weighted by Crippen LogP contribution is 2.31. The molecule has 1 N–H and O–H groups in total. The van der Waals surface area contributed by atoms with Gasteiger partial charge in [-0.25, -0.2) is 9.85 Å². The van der Waals surface area contributed by atoms with Gasteiger partial charge in [0.25, 0.3) is 10.0 Å². The summed E-state index contributed by atoms with van der Waals surface area (Å²) in [6, 6.07) is 14.0. The largest absolute Gasteiger partial charge is 0.285 e. The molecule has 8 nitrogen and oxygen atoms in total. The first-order chi connectivity index (χ1) is 14.8. The van der Waals surface area contributed by atoms with Crippen molar-refractivity contribution < 1.29 is 18.5 Å². The monoisotopic (exact) mass is 440 g/mol. The molecular formula is C22H24N4O4S. The fourth-order valence-corrected chi connectivity index (χ4v) is 4.73. The van der Waals surface area contributed by atoms with Gasteiger partial charge in [-0.3, -0.25) is 5.21 Å². The van der Waals surface area contributed by atoms with E-state index in [1.54, 1.807) is 54.5 Å². The summed E-state index contributed by atoms with van der Waals surface area (Å²) < 4.78 is 29.0. The summed E-state index contributed by atoms with van der Waals surface area (Å²) in [5.74, 6) is 0.511. The first-order valence-corrected chi connectivity index (χ1v) is 11.4. The van der Waals surface area contributed by atoms with Gasteiger partial charge in [0, 0.05) is 23.2 Å². The Morgan fingerprint density at radius 1 is 1.19 bits per heavy atom. The Kier molecular flexibility index (Phi) is 5.65. The highest BCUT2D eigenvalue weighted by atomic mass is 32.2. The molecule has 0 aliphatic carbocycles. The molecule has 31 heavy (non-hydrogen) atoms. The van der Waals surface area contributed by atoms with Crippen LogP contribution >= 0.6 is 0 Å². The zero-order valence-electron chi connectivity index (χ0n) is 17.5. The Balaban J connectivity index is 1.75. The first-order valence-electron chi connectivity index (χ1n) is 9.99. The van der Waals surface area contributed by atoms with Gasteiger partial charge in [0.1, 0.15) is 16.7 Å². The molecule has 0 radical (unpaired) electrons. The maximum atomic E-state index is 12.5. The average molecular weight is 441 g/mol. The fourth-order valence-electron chi connectivity index (χ4n) is 3.53. The van der Waals surface area contributed by atoms with Crippen LogP contribution in [-0.2, 0) is 14.9 Å². The minimum absolute atomic E-state index is 0.186. The van der Waals surface area contributed by atoms with Crippen LogP contribution in [0.3, 0.4) is 0 Å². The van der Waals surface area contributed by atoms with Crippen molar-refractivity contribution in [2.24, 2.45) is 15.4 Å². The highest BCUT2D eigenvalue weighted by Gasteiger charge is 2.32. The number of hydrogen-bond donors (Lipinski definition) is 1. The van der Waals surface area contributed by atoms with Crippen molar-refractivity contribution in [2.75, 3.05) is 11.8 Å². The van der Waals surface area contributed by atoms with Crippen LogP contribution in [0.4, 0.5) is 5.69 Å². The third-order valence-electron chi connectivity index (χ3n) is 4.83. The molecule has 2 aliphatic rings. The predicted octanol–water partition coefficient (Wildman–Crippen LogP) is 3.69. The van der Waals surface area contributed by atoms with Gasteiger partial charge in [-0.05, 0) is 37.1 Å². The molecule has 1 atom stereocenters. The van der Waals surface area contributed by atoms with Crippen LogP contribution in [0.1, 0.15) is 31.9 Å². The van der Waals surface area contributed by atoms with Gasteiger partial charge in [-0.15, -0.1) is 9.62 Å². The Morgan fingerprint density at radius 2 is 1.87 bits per heavy atom. The van der Waals surface area contributed by atoms with E-state index in [1.807, 2.05) is 32.1 Å². The number of anilines is 1. The quantitative estimate of drug-likeness (QED) is 0.576. The van der Waals surface area contributed by atoms with Gasteiger partial charge in [0.2, 0.25) is 0 Å². The van der Waals surface area contributed by atoms with Gasteiger partial charge < -0.3 is 0 Å². The van der Waals surface area contributed by atoms with Gasteiger partial charge in [0.15, 0.2) is 5.84 Å². The van der Waals surface area contributed by atoms with Crippen LogP contribution in [0, 0.1) is 5.92 Å². The lowest BCUT2D eigenvalue weighted by Crippen LogP contribution is -2.29. The van der Waals surface area contributed by atoms with E-state index in [1.165, 1.54) is 0 Å². The van der Waals surface area contributed by atoms with Gasteiger partial charge >= 0.3 is 0 Å². The second-order valence-corrected chi connectivity index (χ2v) is 9.40. The standard InChI is InChI=1S/C22H24N4O4S/c1-15(2)14-25(22-19-9-5-7-11-21(19)31(28,29)24-22)23-13-17-12-16(3)30-26(27)20-10-6-4-8-18(17)20/h4-13,15-16,27H,14H2,1-3H3/b23-13+. The van der Waals surface area contributed by atoms with Crippen molar-refractivity contribution in [1.29, 1.82) is 0 Å². The van der Waals surface area contributed by atoms with Crippen LogP contribution in [0.5, 0.6) is 0 Å². The zero-order valence-corrected chi connectivity index (χ0v) is 18.3. The normalized spacial score (nSPS) is 19.6. The maximum Gasteiger partial charge on any atom is 0.285 e. The first kappa shape index (κ1) is 21.2. The Bertz CT molecular complexity index is 1190. The van der Waals surface area contributed by atoms with Gasteiger partial charge in [-0.2, -0.15) is 13.5 Å². The summed E-state index contributed by atoms with van der Waals surface area (Å²) in [4.78, 5) is 5.63. The third-order valence-corrected chi connectivity index (χ3v) is 6.16. The smallest absolute Gasteiger partial charge is 0.264 e. The summed E-state index contributed by atoms with van der Waals surface area (Å²) in [5.41, 5.74) is 2.51. The van der Waals surface area contributed by atoms with E-state index < -0.39 is 16.1 Å². The van der Waals surface area contributed by atoms with Crippen LogP contribution in [0.15, 0.2) is 69.0 Å². The molecule has 0 saturated heterocycles. The van der Waals surface area contributed by atoms with Crippen molar-refractivity contribution in [3.05, 3.63) is 65.7 Å². The van der Waals surface area contributed by atoms with Crippen LogP contribution < -0.4 is 5.23 Å². The van der Waals surface area contributed by atoms with E-state index in [4.69, 9.17) is 4.84 Å². The topological polar surface area (TPSA) is 94.8 Å². The number of rotatable bonds is 4. The minimum atomic E-state index is -3.75. The zero-order chi connectivity index (χ0) is 22.2. The number of nitrogens with zero attached hydrogens (tertiary/aromatic N) is 4. The number of allylic oxidation sites excluding steroid dienone is 1. The van der Waals surface area contributed by atoms with Crippen LogP contribution in [0.25, 0.3) is 5.57 Å². The molecule has 0 bridgehead atoms. The molecule has 0 spiro atoms. The van der Waals surface area contributed by atoms with Crippen LogP contribution in [-0.4, -0.2) is 43.3 Å². The molecule has 4 rings (SSSR count). The van der Waals surface area contributed by atoms with E-state index in [0.29, 0.717) is 23.6 Å². The molecule has 0 aromatic heterocycles. The molecule has 9 heteroatoms. The van der Waals surface area contributed by atoms with Gasteiger partial charge in [-0.1, -0.05) is 44.2 Å². The van der Waals surface area contributed by atoms with Crippen molar-refractivity contribution in [2.45, 2.75) is 31.8 Å². The van der Waals surface area contributed by atoms with Crippen molar-refractivity contribution in [1.82, 2.24) is 5.01 Å². The lowest BCUT2D eigenvalue weighted by molar-refractivity contribution is -0.0603. The lowest BCUT2D eigenvalue weighted by Gasteiger charge is -2.21. The summed E-state index contributed by atoms with van der Waals surface area (Å²) in [7, 11) is -3.75. The van der Waals surface area contributed by atoms with Crippen LogP contribution in [0.2, 0.25) is 0 Å². The second kappa shape index (κ2) is 8.26. The Morgan fingerprint density at radius 3 is 2.61 bits per heavy atom. The Hall–Kier alpha value is -3.01. The summed E-state index contributed by atoms with van der Waals surface area (Å²) in [5, 5.41) is 17.2. The average Bonchev–Trinajstić information content (AvgIpc) is 2.93. The van der Waals surface area contributed by atoms with E-state index in [2.05, 4.69) is 9.50 Å². The molecule has 2 aliphatic heterocycles. The SMILES string of the molecule is CC(C)CN(/N=C/C1=CC(C)ON(O)c2ccccc21)C1=NS(=O)(=O)c2ccccc21. The number of para-hydroxylation sites is 1. The fraction of sp³-hybridized carbons (Fsp3) is 0.273. The molecule has 162 valence electrons. The van der Waals surface area contributed by atoms with E-state index >= 15 is 0 Å². The molecule has 0 amide bonds. The number of hydrogen-bond acceptors (Lipinski definition) is 7. The molecule has 2 heterocycles. The van der Waals surface area contributed by atoms with Crippen molar-refractivity contribution >= 4 is 33.3 Å². The van der Waals surface area contributed by atoms with Crippen molar-refractivity contribution in [3.63, 3.8) is 0 Å². The molecular weight excluding hydrogens is 416 g/mol. The number of fused-ring (bicyclic) bond motifs is 2. The number of benzene rings is 2. The molecule has 2 aromatic carbocycles. The molecule has 1 unspecified atom stereocenters. The lowest BCUT2D eigenvalue weighted by atomic mass is 10.0. The number of hydrazone groups is 1. The summed E-state index contributed by atoms with van der Waals surface area (Å²) in [6.45, 7) is 6.33. The highest BCUT2D eigenvalue weighted by molar-refractivity contribution is 7.90. The van der Waals surface area contributed by atoms with E-state index in [-0.39, 0.29) is 10.8 Å². The van der Waals surface area contributed by atoms with E-state index in [0.717, 1.165) is 16.4 Å². The molecule has 0 fully saturated rings. The predicted molar refractivity (Wildman–Crippen MR) is 119 cm³/mol. The number of amidine groups is 1. The Labute approximate surface area is 181 Å². The number of sulfonamides is 1. The minimum Gasteiger partial charge on any atom is -0.264 e. The molecule has 0 saturated carbocycles. The second-order valence-electron chi connectivity index (χ2n) is 7.83. The maximum absolute atomic E-state index is 12.5.